The molecule has 0 radical (unpaired) electrons. The molecule has 10 heteroatoms. The van der Waals surface area contributed by atoms with Crippen LogP contribution in [0, 0.1) is 13.8 Å². The molecular formula is C50H46N4O6. The highest BCUT2D eigenvalue weighted by atomic mass is 16.5. The Morgan fingerprint density at radius 1 is 0.483 bits per heavy atom. The van der Waals surface area contributed by atoms with Crippen LogP contribution in [0.25, 0.3) is 0 Å². The molecule has 2 atom stereocenters. The van der Waals surface area contributed by atoms with Crippen molar-refractivity contribution in [1.82, 2.24) is 10.6 Å². The van der Waals surface area contributed by atoms with Gasteiger partial charge in [-0.25, -0.2) is 0 Å². The first-order valence-electron chi connectivity index (χ1n) is 19.6. The number of ether oxygens (including phenoxy) is 2. The van der Waals surface area contributed by atoms with Crippen molar-refractivity contribution in [3.63, 3.8) is 0 Å². The summed E-state index contributed by atoms with van der Waals surface area (Å²) in [4.78, 5) is 61.8. The first-order valence-corrected chi connectivity index (χ1v) is 19.6. The zero-order valence-electron chi connectivity index (χ0n) is 33.9. The fourth-order valence-electron chi connectivity index (χ4n) is 7.21. The monoisotopic (exact) mass is 798 g/mol. The van der Waals surface area contributed by atoms with Crippen LogP contribution in [-0.4, -0.2) is 26.0 Å². The normalized spacial score (nSPS) is 11.9. The number of carbonyl (C=O) groups excluding carboxylic acids is 2. The molecule has 2 amide bonds. The minimum absolute atomic E-state index is 0.0329. The number of hydrogen-bond acceptors (Lipinski definition) is 8. The summed E-state index contributed by atoms with van der Waals surface area (Å²) in [6, 6.07) is 45.6. The Labute approximate surface area is 349 Å². The highest BCUT2D eigenvalue weighted by Crippen LogP contribution is 2.44. The topological polar surface area (TPSA) is 117 Å². The molecule has 10 nitrogen and oxygen atoms in total. The number of nitrogens with one attached hydrogen (secondary N) is 2. The molecule has 2 unspecified atom stereocenters. The molecule has 60 heavy (non-hydrogen) atoms. The Balaban J connectivity index is 1.45. The predicted octanol–water partition coefficient (Wildman–Crippen LogP) is 8.31. The third-order valence-corrected chi connectivity index (χ3v) is 10.5. The van der Waals surface area contributed by atoms with Gasteiger partial charge < -0.3 is 29.9 Å². The maximum Gasteiger partial charge on any atom is 0.253 e. The van der Waals surface area contributed by atoms with Crippen molar-refractivity contribution < 1.29 is 19.1 Å². The van der Waals surface area contributed by atoms with Crippen LogP contribution >= 0.6 is 0 Å². The fourth-order valence-corrected chi connectivity index (χ4v) is 7.21. The summed E-state index contributed by atoms with van der Waals surface area (Å²) in [5.74, 6) is 0.317. The number of benzene rings is 6. The molecular weight excluding hydrogens is 753 g/mol. The van der Waals surface area contributed by atoms with Gasteiger partial charge in [-0.2, -0.15) is 0 Å². The van der Waals surface area contributed by atoms with Gasteiger partial charge in [-0.05, 0) is 84.6 Å². The van der Waals surface area contributed by atoms with E-state index >= 15 is 0 Å². The standard InChI is InChI=1S/C50H46N4O6/c1-33-15-23-39(24-16-33)53(43(37-19-27-41(59-3)28-20-37)49(57)51-31-35-11-7-5-8-12-35)45-46(48(56)47(45)55)54(40-25-17-34(2)18-26-40)44(38-21-29-42(60-4)30-22-38)50(58)52-32-36-13-9-6-10-14-36/h5-30,43-44H,31-32H2,1-4H3,(H,51,57)(H,52,58). The van der Waals surface area contributed by atoms with E-state index < -0.39 is 34.8 Å². The van der Waals surface area contributed by atoms with E-state index in [1.807, 2.05) is 123 Å². The molecule has 0 saturated heterocycles. The third kappa shape index (κ3) is 8.83. The largest absolute Gasteiger partial charge is 0.497 e. The van der Waals surface area contributed by atoms with Crippen molar-refractivity contribution in [1.29, 1.82) is 0 Å². The molecule has 0 aliphatic carbocycles. The molecule has 302 valence electrons. The number of aryl methyl sites for hydroxylation is 2. The van der Waals surface area contributed by atoms with E-state index in [0.717, 1.165) is 22.3 Å². The van der Waals surface area contributed by atoms with Gasteiger partial charge in [-0.1, -0.05) is 120 Å². The van der Waals surface area contributed by atoms with Crippen LogP contribution in [0.15, 0.2) is 167 Å². The molecule has 0 aliphatic heterocycles. The highest BCUT2D eigenvalue weighted by molar-refractivity contribution is 5.97. The summed E-state index contributed by atoms with van der Waals surface area (Å²) >= 11 is 0. The molecule has 0 saturated carbocycles. The van der Waals surface area contributed by atoms with Gasteiger partial charge >= 0.3 is 0 Å². The zero-order chi connectivity index (χ0) is 42.2. The van der Waals surface area contributed by atoms with Crippen molar-refractivity contribution in [2.45, 2.75) is 39.0 Å². The number of hydrogen-bond donors (Lipinski definition) is 2. The SMILES string of the molecule is COc1ccc(C(C(=O)NCc2ccccc2)N(c2ccc(C)cc2)c2c(N(c3ccc(C)cc3)C(C(=O)NCc3ccccc3)c3ccc(OC)cc3)c(=O)c2=O)cc1. The molecule has 7 aromatic rings. The zero-order valence-corrected chi connectivity index (χ0v) is 33.9. The van der Waals surface area contributed by atoms with E-state index in [4.69, 9.17) is 9.47 Å². The Morgan fingerprint density at radius 2 is 0.817 bits per heavy atom. The van der Waals surface area contributed by atoms with E-state index in [1.54, 1.807) is 72.6 Å². The maximum absolute atomic E-state index is 14.8. The van der Waals surface area contributed by atoms with Crippen LogP contribution in [0.4, 0.5) is 22.7 Å². The summed E-state index contributed by atoms with van der Waals surface area (Å²) in [5.41, 5.74) is 4.06. The Hall–Kier alpha value is -7.46. The van der Waals surface area contributed by atoms with Gasteiger partial charge in [-0.15, -0.1) is 0 Å². The lowest BCUT2D eigenvalue weighted by Gasteiger charge is -2.39. The van der Waals surface area contributed by atoms with Crippen LogP contribution in [0.5, 0.6) is 11.5 Å². The lowest BCUT2D eigenvalue weighted by molar-refractivity contribution is -0.123. The summed E-state index contributed by atoms with van der Waals surface area (Å²) in [7, 11) is 3.12. The van der Waals surface area contributed by atoms with E-state index in [0.29, 0.717) is 34.0 Å². The summed E-state index contributed by atoms with van der Waals surface area (Å²) in [6.45, 7) is 4.31. The van der Waals surface area contributed by atoms with Crippen molar-refractivity contribution in [2.75, 3.05) is 24.0 Å². The van der Waals surface area contributed by atoms with E-state index in [9.17, 15) is 19.2 Å². The van der Waals surface area contributed by atoms with E-state index in [2.05, 4.69) is 10.6 Å². The first kappa shape index (κ1) is 40.7. The lowest BCUT2D eigenvalue weighted by Crippen LogP contribution is -2.49. The van der Waals surface area contributed by atoms with Crippen LogP contribution in [0.2, 0.25) is 0 Å². The van der Waals surface area contributed by atoms with Crippen LogP contribution in [0.3, 0.4) is 0 Å². The summed E-state index contributed by atoms with van der Waals surface area (Å²) < 4.78 is 10.9. The maximum atomic E-state index is 14.8. The average Bonchev–Trinajstić information content (AvgIpc) is 3.29. The van der Waals surface area contributed by atoms with Gasteiger partial charge in [0.05, 0.1) is 14.2 Å². The molecule has 0 spiro atoms. The summed E-state index contributed by atoms with van der Waals surface area (Å²) in [5, 5.41) is 6.18. The lowest BCUT2D eigenvalue weighted by atomic mass is 9.96. The smallest absolute Gasteiger partial charge is 0.253 e. The highest BCUT2D eigenvalue weighted by Gasteiger charge is 2.42. The van der Waals surface area contributed by atoms with Gasteiger partial charge in [0.1, 0.15) is 35.0 Å². The van der Waals surface area contributed by atoms with Crippen molar-refractivity contribution in [3.05, 3.63) is 212 Å². The van der Waals surface area contributed by atoms with Gasteiger partial charge in [0, 0.05) is 24.5 Å². The minimum Gasteiger partial charge on any atom is -0.497 e. The number of amides is 2. The van der Waals surface area contributed by atoms with E-state index in [1.165, 1.54) is 0 Å². The van der Waals surface area contributed by atoms with Crippen LogP contribution < -0.4 is 40.8 Å². The second-order valence-corrected chi connectivity index (χ2v) is 14.5. The van der Waals surface area contributed by atoms with E-state index in [-0.39, 0.29) is 24.5 Å². The number of carbonyl (C=O) groups is 2. The number of anilines is 4. The fraction of sp³-hybridized carbons (Fsp3) is 0.160. The molecule has 0 aromatic heterocycles. The molecule has 0 heterocycles. The van der Waals surface area contributed by atoms with Crippen molar-refractivity contribution >= 4 is 34.6 Å². The second kappa shape index (κ2) is 18.4. The Morgan fingerprint density at radius 3 is 1.13 bits per heavy atom. The molecule has 7 rings (SSSR count). The predicted molar refractivity (Wildman–Crippen MR) is 236 cm³/mol. The van der Waals surface area contributed by atoms with Crippen LogP contribution in [-0.2, 0) is 22.7 Å². The summed E-state index contributed by atoms with van der Waals surface area (Å²) in [6.07, 6.45) is 0. The average molecular weight is 799 g/mol. The molecule has 0 aliphatic rings. The molecule has 0 fully saturated rings. The first-order chi connectivity index (χ1) is 29.2. The number of nitrogens with zero attached hydrogens (tertiary/aromatic N) is 2. The van der Waals surface area contributed by atoms with Gasteiger partial charge in [0.2, 0.25) is 11.8 Å². The number of rotatable bonds is 16. The molecule has 2 N–H and O–H groups in total. The van der Waals surface area contributed by atoms with Gasteiger partial charge in [-0.3, -0.25) is 19.2 Å². The Kier molecular flexibility index (Phi) is 12.5. The molecule has 7 aromatic carbocycles. The van der Waals surface area contributed by atoms with Crippen molar-refractivity contribution in [3.8, 4) is 11.5 Å². The van der Waals surface area contributed by atoms with Crippen molar-refractivity contribution in [2.24, 2.45) is 0 Å². The van der Waals surface area contributed by atoms with Gasteiger partial charge in [0.25, 0.3) is 10.9 Å². The Bertz CT molecular complexity index is 2420. The third-order valence-electron chi connectivity index (χ3n) is 10.5. The van der Waals surface area contributed by atoms with Crippen LogP contribution in [0.1, 0.15) is 45.5 Å². The minimum atomic E-state index is -1.16. The molecule has 0 bridgehead atoms. The van der Waals surface area contributed by atoms with Gasteiger partial charge in [0.15, 0.2) is 0 Å². The number of methoxy groups -OCH3 is 2. The quantitative estimate of drug-likeness (QED) is 0.0939. The second-order valence-electron chi connectivity index (χ2n) is 14.5.